The number of rotatable bonds is 9. The average Bonchev–Trinajstić information content (AvgIpc) is 2.75. The van der Waals surface area contributed by atoms with E-state index in [1.165, 1.54) is 48.7 Å². The van der Waals surface area contributed by atoms with Gasteiger partial charge in [0.25, 0.3) is 5.91 Å². The third-order valence-corrected chi connectivity index (χ3v) is 4.29. The molecule has 9 heteroatoms. The largest absolute Gasteiger partial charge is 0.493 e. The molecule has 0 bridgehead atoms. The standard InChI is InChI=1S/C20H26N2O7/c1-24-13-7-11(8-14(25-2)17(13)27-4)10-22-20(23)12-9-15(26-3)18(28-5)19(29-6)16(12)21/h7-9H,10,21H2,1-6H3,(H,22,23). The quantitative estimate of drug-likeness (QED) is 0.610. The van der Waals surface area contributed by atoms with Crippen molar-refractivity contribution in [3.8, 4) is 34.5 Å². The maximum atomic E-state index is 12.8. The van der Waals surface area contributed by atoms with Crippen LogP contribution in [0.2, 0.25) is 0 Å². The monoisotopic (exact) mass is 406 g/mol. The van der Waals surface area contributed by atoms with Crippen LogP contribution in [0.15, 0.2) is 18.2 Å². The number of anilines is 1. The molecule has 29 heavy (non-hydrogen) atoms. The smallest absolute Gasteiger partial charge is 0.253 e. The Hall–Kier alpha value is -3.49. The normalized spacial score (nSPS) is 10.1. The molecule has 0 aliphatic heterocycles. The fourth-order valence-electron chi connectivity index (χ4n) is 2.88. The van der Waals surface area contributed by atoms with Crippen molar-refractivity contribution < 1.29 is 33.2 Å². The summed E-state index contributed by atoms with van der Waals surface area (Å²) in [6.45, 7) is 0.200. The molecule has 3 N–H and O–H groups in total. The van der Waals surface area contributed by atoms with Crippen LogP contribution in [0.25, 0.3) is 0 Å². The third-order valence-electron chi connectivity index (χ3n) is 4.29. The van der Waals surface area contributed by atoms with E-state index in [4.69, 9.17) is 34.2 Å². The zero-order valence-corrected chi connectivity index (χ0v) is 17.4. The summed E-state index contributed by atoms with van der Waals surface area (Å²) in [5, 5.41) is 2.81. The highest BCUT2D eigenvalue weighted by Gasteiger charge is 2.22. The Labute approximate surface area is 169 Å². The highest BCUT2D eigenvalue weighted by Crippen LogP contribution is 2.43. The van der Waals surface area contributed by atoms with Crippen molar-refractivity contribution in [1.82, 2.24) is 5.32 Å². The van der Waals surface area contributed by atoms with Crippen LogP contribution in [0.1, 0.15) is 15.9 Å². The first-order valence-corrected chi connectivity index (χ1v) is 8.61. The predicted molar refractivity (Wildman–Crippen MR) is 108 cm³/mol. The molecule has 0 aliphatic rings. The first-order valence-electron chi connectivity index (χ1n) is 8.61. The third kappa shape index (κ3) is 4.34. The lowest BCUT2D eigenvalue weighted by Crippen LogP contribution is -2.24. The van der Waals surface area contributed by atoms with Crippen molar-refractivity contribution in [2.24, 2.45) is 0 Å². The topological polar surface area (TPSA) is 111 Å². The first kappa shape index (κ1) is 21.8. The van der Waals surface area contributed by atoms with Gasteiger partial charge < -0.3 is 39.5 Å². The zero-order valence-electron chi connectivity index (χ0n) is 17.4. The molecule has 9 nitrogen and oxygen atoms in total. The van der Waals surface area contributed by atoms with E-state index in [0.29, 0.717) is 28.7 Å². The number of ether oxygens (including phenoxy) is 6. The summed E-state index contributed by atoms with van der Waals surface area (Å²) >= 11 is 0. The van der Waals surface area contributed by atoms with Crippen molar-refractivity contribution in [1.29, 1.82) is 0 Å². The van der Waals surface area contributed by atoms with Gasteiger partial charge in [0, 0.05) is 6.54 Å². The molecule has 2 aromatic carbocycles. The Morgan fingerprint density at radius 2 is 1.24 bits per heavy atom. The van der Waals surface area contributed by atoms with Gasteiger partial charge >= 0.3 is 0 Å². The molecule has 2 aromatic rings. The number of carbonyl (C=O) groups excluding carboxylic acids is 1. The molecule has 0 aromatic heterocycles. The summed E-state index contributed by atoms with van der Waals surface area (Å²) in [5.41, 5.74) is 7.21. The van der Waals surface area contributed by atoms with Crippen LogP contribution >= 0.6 is 0 Å². The number of nitrogen functional groups attached to an aromatic ring is 1. The summed E-state index contributed by atoms with van der Waals surface area (Å²) in [4.78, 5) is 12.8. The highest BCUT2D eigenvalue weighted by atomic mass is 16.5. The van der Waals surface area contributed by atoms with Crippen molar-refractivity contribution in [3.63, 3.8) is 0 Å². The molecular formula is C20H26N2O7. The van der Waals surface area contributed by atoms with Crippen LogP contribution in [0.5, 0.6) is 34.5 Å². The lowest BCUT2D eigenvalue weighted by atomic mass is 10.1. The van der Waals surface area contributed by atoms with Crippen LogP contribution in [0, 0.1) is 0 Å². The van der Waals surface area contributed by atoms with Crippen LogP contribution in [0.3, 0.4) is 0 Å². The van der Waals surface area contributed by atoms with Crippen molar-refractivity contribution in [2.75, 3.05) is 48.4 Å². The molecule has 0 saturated carbocycles. The molecule has 0 saturated heterocycles. The molecule has 0 unspecified atom stereocenters. The van der Waals surface area contributed by atoms with Gasteiger partial charge in [0.2, 0.25) is 11.5 Å². The van der Waals surface area contributed by atoms with E-state index in [1.807, 2.05) is 0 Å². The predicted octanol–water partition coefficient (Wildman–Crippen LogP) is 2.25. The van der Waals surface area contributed by atoms with E-state index in [9.17, 15) is 4.79 Å². The van der Waals surface area contributed by atoms with Gasteiger partial charge in [-0.15, -0.1) is 0 Å². The minimum atomic E-state index is -0.407. The zero-order chi connectivity index (χ0) is 21.6. The van der Waals surface area contributed by atoms with Crippen molar-refractivity contribution in [3.05, 3.63) is 29.3 Å². The van der Waals surface area contributed by atoms with Crippen molar-refractivity contribution in [2.45, 2.75) is 6.54 Å². The van der Waals surface area contributed by atoms with Gasteiger partial charge in [-0.1, -0.05) is 0 Å². The fraction of sp³-hybridized carbons (Fsp3) is 0.350. The van der Waals surface area contributed by atoms with Gasteiger partial charge in [-0.2, -0.15) is 0 Å². The van der Waals surface area contributed by atoms with E-state index in [2.05, 4.69) is 5.32 Å². The van der Waals surface area contributed by atoms with Gasteiger partial charge in [-0.25, -0.2) is 0 Å². The minimum Gasteiger partial charge on any atom is -0.493 e. The Morgan fingerprint density at radius 3 is 1.69 bits per heavy atom. The average molecular weight is 406 g/mol. The van der Waals surface area contributed by atoms with Gasteiger partial charge in [0.05, 0.1) is 53.9 Å². The second-order valence-corrected chi connectivity index (χ2v) is 5.82. The van der Waals surface area contributed by atoms with Gasteiger partial charge in [0.15, 0.2) is 23.0 Å². The Morgan fingerprint density at radius 1 is 0.759 bits per heavy atom. The molecule has 0 fully saturated rings. The number of benzene rings is 2. The number of nitrogens with one attached hydrogen (secondary N) is 1. The molecule has 0 radical (unpaired) electrons. The molecule has 0 atom stereocenters. The minimum absolute atomic E-state index is 0.146. The second-order valence-electron chi connectivity index (χ2n) is 5.82. The molecular weight excluding hydrogens is 380 g/mol. The molecule has 0 heterocycles. The van der Waals surface area contributed by atoms with E-state index >= 15 is 0 Å². The summed E-state index contributed by atoms with van der Waals surface area (Å²) in [7, 11) is 8.93. The fourth-order valence-corrected chi connectivity index (χ4v) is 2.88. The van der Waals surface area contributed by atoms with Crippen LogP contribution in [0.4, 0.5) is 5.69 Å². The second kappa shape index (κ2) is 9.63. The summed E-state index contributed by atoms with van der Waals surface area (Å²) < 4.78 is 31.8. The number of carbonyl (C=O) groups is 1. The van der Waals surface area contributed by atoms with Crippen LogP contribution in [-0.2, 0) is 6.54 Å². The maximum Gasteiger partial charge on any atom is 0.253 e. The van der Waals surface area contributed by atoms with Gasteiger partial charge in [0.1, 0.15) is 0 Å². The molecule has 0 spiro atoms. The molecule has 158 valence electrons. The van der Waals surface area contributed by atoms with E-state index < -0.39 is 5.91 Å². The molecule has 0 aliphatic carbocycles. The summed E-state index contributed by atoms with van der Waals surface area (Å²) in [6, 6.07) is 5.00. The first-order chi connectivity index (χ1) is 13.9. The molecule has 1 amide bonds. The number of amides is 1. The number of hydrogen-bond acceptors (Lipinski definition) is 8. The highest BCUT2D eigenvalue weighted by molar-refractivity contribution is 6.01. The van der Waals surface area contributed by atoms with Gasteiger partial charge in [-0.05, 0) is 23.8 Å². The Kier molecular flexibility index (Phi) is 7.24. The number of methoxy groups -OCH3 is 6. The molecule has 2 rings (SSSR count). The van der Waals surface area contributed by atoms with Crippen LogP contribution in [-0.4, -0.2) is 48.6 Å². The van der Waals surface area contributed by atoms with Crippen molar-refractivity contribution >= 4 is 11.6 Å². The van der Waals surface area contributed by atoms with Gasteiger partial charge in [-0.3, -0.25) is 4.79 Å². The SMILES string of the molecule is COc1cc(CNC(=O)c2cc(OC)c(OC)c(OC)c2N)cc(OC)c1OC. The number of nitrogens with two attached hydrogens (primary N) is 1. The maximum absolute atomic E-state index is 12.8. The Bertz CT molecular complexity index is 859. The van der Waals surface area contributed by atoms with E-state index in [1.54, 1.807) is 12.1 Å². The van der Waals surface area contributed by atoms with E-state index in [0.717, 1.165) is 5.56 Å². The number of hydrogen-bond donors (Lipinski definition) is 2. The summed E-state index contributed by atoms with van der Waals surface area (Å²) in [5.74, 6) is 1.91. The lowest BCUT2D eigenvalue weighted by Gasteiger charge is -2.17. The van der Waals surface area contributed by atoms with E-state index in [-0.39, 0.29) is 23.5 Å². The summed E-state index contributed by atoms with van der Waals surface area (Å²) in [6.07, 6.45) is 0. The van der Waals surface area contributed by atoms with Crippen LogP contribution < -0.4 is 39.5 Å². The lowest BCUT2D eigenvalue weighted by molar-refractivity contribution is 0.0951. The Balaban J connectivity index is 2.32.